The Hall–Kier alpha value is -4.15. The van der Waals surface area contributed by atoms with Crippen molar-refractivity contribution in [3.05, 3.63) is 66.5 Å². The van der Waals surface area contributed by atoms with Crippen LogP contribution >= 0.6 is 0 Å². The summed E-state index contributed by atoms with van der Waals surface area (Å²) in [6.07, 6.45) is -3.94. The van der Waals surface area contributed by atoms with Crippen LogP contribution in [0.1, 0.15) is 16.6 Å². The molecule has 2 aromatic heterocycles. The fourth-order valence-corrected chi connectivity index (χ4v) is 4.89. The Balaban J connectivity index is 1.33. The zero-order chi connectivity index (χ0) is 27.0. The predicted octanol–water partition coefficient (Wildman–Crippen LogP) is -0.459. The summed E-state index contributed by atoms with van der Waals surface area (Å²) in [4.78, 5) is 25.3. The Bertz CT molecular complexity index is 1600. The number of amides is 1. The topological polar surface area (TPSA) is 221 Å². The lowest BCUT2D eigenvalue weighted by molar-refractivity contribution is -0.0330. The SMILES string of the molecule is Nc1ccccc1C(=O)NS(=O)(=O)NC[C@H]1O[C@@H](n2cnc3c(N)nc(-c4ccccc4)nc32)[C@H](O)[C@@H]1O. The third kappa shape index (κ3) is 4.88. The summed E-state index contributed by atoms with van der Waals surface area (Å²) in [5.41, 5.74) is 13.1. The number of carbonyl (C=O) groups is 1. The summed E-state index contributed by atoms with van der Waals surface area (Å²) in [5, 5.41) is 21.3. The number of nitrogens with one attached hydrogen (secondary N) is 2. The summed E-state index contributed by atoms with van der Waals surface area (Å²) in [7, 11) is -4.36. The number of aliphatic hydroxyl groups is 2. The molecule has 3 heterocycles. The number of nitrogens with two attached hydrogens (primary N) is 2. The maximum absolute atomic E-state index is 12.4. The second-order valence-electron chi connectivity index (χ2n) is 8.54. The second kappa shape index (κ2) is 9.96. The first-order valence-corrected chi connectivity index (χ1v) is 12.9. The number of carbonyl (C=O) groups excluding carboxylic acids is 1. The van der Waals surface area contributed by atoms with E-state index in [-0.39, 0.29) is 28.2 Å². The first-order valence-electron chi connectivity index (χ1n) is 11.4. The molecule has 15 heteroatoms. The summed E-state index contributed by atoms with van der Waals surface area (Å²) < 4.78 is 36.1. The van der Waals surface area contributed by atoms with Gasteiger partial charge < -0.3 is 26.4 Å². The average Bonchev–Trinajstić information content (AvgIpc) is 3.44. The number of aliphatic hydroxyl groups excluding tert-OH is 2. The van der Waals surface area contributed by atoms with Crippen molar-refractivity contribution in [1.82, 2.24) is 29.0 Å². The van der Waals surface area contributed by atoms with Crippen molar-refractivity contribution < 1.29 is 28.2 Å². The highest BCUT2D eigenvalue weighted by molar-refractivity contribution is 7.88. The van der Waals surface area contributed by atoms with E-state index in [4.69, 9.17) is 16.2 Å². The molecule has 1 amide bonds. The molecule has 1 aliphatic rings. The molecular formula is C23H24N8O6S. The molecule has 4 atom stereocenters. The van der Waals surface area contributed by atoms with Crippen LogP contribution in [-0.2, 0) is 14.9 Å². The fourth-order valence-electron chi connectivity index (χ4n) is 4.08. The zero-order valence-electron chi connectivity index (χ0n) is 19.7. The van der Waals surface area contributed by atoms with Crippen molar-refractivity contribution in [3.63, 3.8) is 0 Å². The van der Waals surface area contributed by atoms with Crippen molar-refractivity contribution in [2.24, 2.45) is 0 Å². The fraction of sp³-hybridized carbons (Fsp3) is 0.217. The van der Waals surface area contributed by atoms with Gasteiger partial charge in [0, 0.05) is 17.8 Å². The lowest BCUT2D eigenvalue weighted by Gasteiger charge is -2.17. The van der Waals surface area contributed by atoms with E-state index >= 15 is 0 Å². The number of fused-ring (bicyclic) bond motifs is 1. The normalized spacial score (nSPS) is 21.5. The molecule has 0 unspecified atom stereocenters. The predicted molar refractivity (Wildman–Crippen MR) is 136 cm³/mol. The van der Waals surface area contributed by atoms with Gasteiger partial charge in [-0.3, -0.25) is 9.36 Å². The minimum Gasteiger partial charge on any atom is -0.398 e. The standard InChI is InChI=1S/C23H24N8O6S/c24-14-9-5-4-8-13(14)22(34)30-38(35,36)27-10-15-17(32)18(33)23(37-15)31-11-26-16-19(25)28-20(29-21(16)31)12-6-2-1-3-7-12/h1-9,11,15,17-18,23,27,32-33H,10,24H2,(H,30,34)(H2,25,28,29)/t15-,17-,18-,23-/m1/s1. The van der Waals surface area contributed by atoms with Gasteiger partial charge in [-0.15, -0.1) is 0 Å². The van der Waals surface area contributed by atoms with Crippen LogP contribution < -0.4 is 20.9 Å². The molecule has 1 saturated heterocycles. The molecule has 38 heavy (non-hydrogen) atoms. The van der Waals surface area contributed by atoms with Gasteiger partial charge in [0.15, 0.2) is 23.5 Å². The Morgan fingerprint density at radius 1 is 1.03 bits per heavy atom. The molecule has 5 rings (SSSR count). The highest BCUT2D eigenvalue weighted by Crippen LogP contribution is 2.32. The van der Waals surface area contributed by atoms with Gasteiger partial charge in [-0.25, -0.2) is 19.7 Å². The van der Waals surface area contributed by atoms with Gasteiger partial charge in [-0.1, -0.05) is 42.5 Å². The van der Waals surface area contributed by atoms with Crippen molar-refractivity contribution in [2.75, 3.05) is 18.0 Å². The Morgan fingerprint density at radius 3 is 2.47 bits per heavy atom. The number of hydrogen-bond acceptors (Lipinski definition) is 11. The van der Waals surface area contributed by atoms with Crippen LogP contribution in [0.5, 0.6) is 0 Å². The molecule has 0 aliphatic carbocycles. The summed E-state index contributed by atoms with van der Waals surface area (Å²) >= 11 is 0. The van der Waals surface area contributed by atoms with Gasteiger partial charge >= 0.3 is 10.2 Å². The number of nitrogens with zero attached hydrogens (tertiary/aromatic N) is 4. The molecule has 4 aromatic rings. The molecule has 0 spiro atoms. The van der Waals surface area contributed by atoms with Crippen molar-refractivity contribution in [2.45, 2.75) is 24.5 Å². The van der Waals surface area contributed by atoms with E-state index in [9.17, 15) is 23.4 Å². The zero-order valence-corrected chi connectivity index (χ0v) is 20.5. The molecule has 1 fully saturated rings. The first-order chi connectivity index (χ1) is 18.1. The van der Waals surface area contributed by atoms with E-state index in [0.29, 0.717) is 11.4 Å². The van der Waals surface area contributed by atoms with Crippen molar-refractivity contribution in [3.8, 4) is 11.4 Å². The van der Waals surface area contributed by atoms with E-state index in [0.717, 1.165) is 0 Å². The number of hydrogen-bond donors (Lipinski definition) is 6. The lowest BCUT2D eigenvalue weighted by Crippen LogP contribution is -2.45. The second-order valence-corrected chi connectivity index (χ2v) is 10.0. The third-order valence-corrected chi connectivity index (χ3v) is 7.00. The van der Waals surface area contributed by atoms with E-state index in [2.05, 4.69) is 19.7 Å². The lowest BCUT2D eigenvalue weighted by atomic mass is 10.1. The van der Waals surface area contributed by atoms with Gasteiger partial charge in [0.05, 0.1) is 11.9 Å². The number of nitrogen functional groups attached to an aromatic ring is 2. The van der Waals surface area contributed by atoms with Gasteiger partial charge in [-0.2, -0.15) is 13.1 Å². The number of aromatic nitrogens is 4. The largest absolute Gasteiger partial charge is 0.398 e. The van der Waals surface area contributed by atoms with E-state index < -0.39 is 47.2 Å². The minimum atomic E-state index is -4.36. The van der Waals surface area contributed by atoms with Crippen LogP contribution in [0.4, 0.5) is 11.5 Å². The molecule has 0 radical (unpaired) electrons. The van der Waals surface area contributed by atoms with Gasteiger partial charge in [0.2, 0.25) is 0 Å². The minimum absolute atomic E-state index is 0.0198. The Kier molecular flexibility index (Phi) is 6.68. The molecule has 198 valence electrons. The number of rotatable bonds is 7. The highest BCUT2D eigenvalue weighted by Gasteiger charge is 2.44. The van der Waals surface area contributed by atoms with Crippen LogP contribution in [-0.4, -0.2) is 68.9 Å². The number of ether oxygens (including phenoxy) is 1. The third-order valence-electron chi connectivity index (χ3n) is 6.00. The highest BCUT2D eigenvalue weighted by atomic mass is 32.2. The number of benzene rings is 2. The van der Waals surface area contributed by atoms with Gasteiger partial charge in [-0.05, 0) is 12.1 Å². The van der Waals surface area contributed by atoms with Crippen LogP contribution in [0.25, 0.3) is 22.6 Å². The molecular weight excluding hydrogens is 516 g/mol. The van der Waals surface area contributed by atoms with Crippen LogP contribution in [0.2, 0.25) is 0 Å². The Morgan fingerprint density at radius 2 is 1.74 bits per heavy atom. The first kappa shape index (κ1) is 25.5. The van der Waals surface area contributed by atoms with Crippen molar-refractivity contribution >= 4 is 38.8 Å². The molecule has 2 aromatic carbocycles. The molecule has 1 aliphatic heterocycles. The number of imidazole rings is 1. The number of anilines is 2. The van der Waals surface area contributed by atoms with Crippen LogP contribution in [0.15, 0.2) is 60.9 Å². The molecule has 14 nitrogen and oxygen atoms in total. The maximum atomic E-state index is 12.4. The summed E-state index contributed by atoms with van der Waals surface area (Å²) in [6.45, 7) is -0.458. The van der Waals surface area contributed by atoms with Gasteiger partial charge in [0.25, 0.3) is 5.91 Å². The van der Waals surface area contributed by atoms with E-state index in [1.165, 1.54) is 29.1 Å². The van der Waals surface area contributed by atoms with E-state index in [1.54, 1.807) is 18.2 Å². The quantitative estimate of drug-likeness (QED) is 0.165. The average molecular weight is 541 g/mol. The van der Waals surface area contributed by atoms with E-state index in [1.807, 2.05) is 22.9 Å². The smallest absolute Gasteiger partial charge is 0.301 e. The molecule has 0 saturated carbocycles. The monoisotopic (exact) mass is 540 g/mol. The summed E-state index contributed by atoms with van der Waals surface area (Å²) in [6, 6.07) is 15.1. The van der Waals surface area contributed by atoms with Crippen molar-refractivity contribution in [1.29, 1.82) is 0 Å². The summed E-state index contributed by atoms with van der Waals surface area (Å²) in [5.74, 6) is -0.498. The molecule has 0 bridgehead atoms. The van der Waals surface area contributed by atoms with Crippen LogP contribution in [0, 0.1) is 0 Å². The molecule has 8 N–H and O–H groups in total. The Labute approximate surface area is 216 Å². The van der Waals surface area contributed by atoms with Crippen LogP contribution in [0.3, 0.4) is 0 Å². The maximum Gasteiger partial charge on any atom is 0.301 e. The number of para-hydroxylation sites is 1. The van der Waals surface area contributed by atoms with Gasteiger partial charge in [0.1, 0.15) is 23.8 Å².